The maximum Gasteiger partial charge on any atom is 0.216 e. The fourth-order valence-corrected chi connectivity index (χ4v) is 9.32. The Labute approximate surface area is 419 Å². The first-order valence-corrected chi connectivity index (χ1v) is 23.2. The SMILES string of the molecule is CC(C)(C)c1ccnc(-c2[c-]cccc2)n1.[2H]C([2H])([2H])c1c[c-]c(-c2nc3ccc4ccccc4c3n2-c2c(C(C)C)cc(-c3ccccc3)cc2C(C)C)c2oc3nc4c(cc3c12)oc1ccccc14.[Ir]. The molecule has 0 spiro atoms. The molecule has 0 fully saturated rings. The number of imidazole rings is 1. The molecule has 0 aliphatic carbocycles. The van der Waals surface area contributed by atoms with Crippen LogP contribution in [0.15, 0.2) is 161 Å². The molecule has 0 aliphatic heterocycles. The number of para-hydroxylation sites is 1. The Balaban J connectivity index is 0.000000300. The number of benzene rings is 7. The summed E-state index contributed by atoms with van der Waals surface area (Å²) in [6.45, 7) is 12.9. The summed E-state index contributed by atoms with van der Waals surface area (Å²) in [5.74, 6) is 1.66. The van der Waals surface area contributed by atoms with Gasteiger partial charge in [0.05, 0.1) is 28.3 Å². The first-order valence-electron chi connectivity index (χ1n) is 24.7. The summed E-state index contributed by atoms with van der Waals surface area (Å²) in [6.07, 6.45) is 1.81. The van der Waals surface area contributed by atoms with Crippen molar-refractivity contribution >= 4 is 65.9 Å². The van der Waals surface area contributed by atoms with Crippen molar-refractivity contribution in [2.45, 2.75) is 72.6 Å². The molecule has 0 unspecified atom stereocenters. The number of hydrogen-bond acceptors (Lipinski definition) is 6. The first kappa shape index (κ1) is 41.9. The van der Waals surface area contributed by atoms with E-state index in [1.165, 1.54) is 11.1 Å². The van der Waals surface area contributed by atoms with Crippen LogP contribution >= 0.6 is 0 Å². The van der Waals surface area contributed by atoms with Crippen LogP contribution in [0.4, 0.5) is 0 Å². The van der Waals surface area contributed by atoms with Crippen LogP contribution in [0.2, 0.25) is 0 Å². The molecule has 8 heteroatoms. The minimum Gasteiger partial charge on any atom is -0.486 e. The molecule has 0 saturated heterocycles. The van der Waals surface area contributed by atoms with Gasteiger partial charge in [-0.15, -0.1) is 53.6 Å². The van der Waals surface area contributed by atoms with Crippen molar-refractivity contribution in [2.24, 2.45) is 0 Å². The van der Waals surface area contributed by atoms with E-state index in [-0.39, 0.29) is 42.9 Å². The molecule has 0 N–H and O–H groups in total. The van der Waals surface area contributed by atoms with Gasteiger partial charge in [0.25, 0.3) is 0 Å². The van der Waals surface area contributed by atoms with Crippen molar-refractivity contribution in [1.82, 2.24) is 24.5 Å². The van der Waals surface area contributed by atoms with E-state index in [2.05, 4.69) is 148 Å². The van der Waals surface area contributed by atoms with Gasteiger partial charge >= 0.3 is 0 Å². The Morgan fingerprint density at radius 2 is 1.39 bits per heavy atom. The number of aromatic nitrogens is 5. The predicted octanol–water partition coefficient (Wildman–Crippen LogP) is 16.3. The van der Waals surface area contributed by atoms with Gasteiger partial charge in [-0.25, -0.2) is 4.98 Å². The summed E-state index contributed by atoms with van der Waals surface area (Å²) < 4.78 is 41.0. The van der Waals surface area contributed by atoms with Crippen LogP contribution in [-0.2, 0) is 25.5 Å². The van der Waals surface area contributed by atoms with Gasteiger partial charge in [0, 0.05) is 63.4 Å². The van der Waals surface area contributed by atoms with E-state index in [1.54, 1.807) is 6.07 Å². The molecule has 69 heavy (non-hydrogen) atoms. The Morgan fingerprint density at radius 3 is 2.12 bits per heavy atom. The molecule has 12 rings (SSSR count). The van der Waals surface area contributed by atoms with Crippen LogP contribution in [0.25, 0.3) is 106 Å². The second-order valence-electron chi connectivity index (χ2n) is 19.1. The second kappa shape index (κ2) is 18.0. The number of hydrogen-bond donors (Lipinski definition) is 0. The summed E-state index contributed by atoms with van der Waals surface area (Å²) >= 11 is 0. The van der Waals surface area contributed by atoms with Gasteiger partial charge in [-0.1, -0.05) is 139 Å². The normalized spacial score (nSPS) is 12.7. The molecule has 0 bridgehead atoms. The van der Waals surface area contributed by atoms with Crippen molar-refractivity contribution < 1.29 is 33.1 Å². The fourth-order valence-electron chi connectivity index (χ4n) is 9.32. The molecular weight excluding hydrogens is 1030 g/mol. The second-order valence-corrected chi connectivity index (χ2v) is 19.1. The van der Waals surface area contributed by atoms with Crippen molar-refractivity contribution in [3.05, 3.63) is 186 Å². The molecule has 343 valence electrons. The number of nitrogens with zero attached hydrogens (tertiary/aromatic N) is 5. The van der Waals surface area contributed by atoms with E-state index in [0.29, 0.717) is 50.1 Å². The van der Waals surface area contributed by atoms with Crippen LogP contribution in [0.5, 0.6) is 0 Å². The molecule has 7 nitrogen and oxygen atoms in total. The van der Waals surface area contributed by atoms with Crippen LogP contribution in [0, 0.1) is 19.0 Å². The van der Waals surface area contributed by atoms with Crippen LogP contribution in [0.1, 0.15) is 86.8 Å². The van der Waals surface area contributed by atoms with E-state index < -0.39 is 6.85 Å². The quantitative estimate of drug-likeness (QED) is 0.154. The Morgan fingerprint density at radius 1 is 0.667 bits per heavy atom. The Kier molecular flexibility index (Phi) is 10.9. The predicted molar refractivity (Wildman–Crippen MR) is 279 cm³/mol. The summed E-state index contributed by atoms with van der Waals surface area (Å²) in [5.41, 5.74) is 12.8. The maximum absolute atomic E-state index is 8.60. The number of furan rings is 2. The van der Waals surface area contributed by atoms with Crippen molar-refractivity contribution in [2.75, 3.05) is 0 Å². The molecule has 0 amide bonds. The van der Waals surface area contributed by atoms with Gasteiger partial charge in [0.15, 0.2) is 5.58 Å². The van der Waals surface area contributed by atoms with E-state index in [4.69, 9.17) is 22.9 Å². The first-order chi connectivity index (χ1) is 34.1. The zero-order valence-corrected chi connectivity index (χ0v) is 41.9. The number of pyridine rings is 1. The van der Waals surface area contributed by atoms with Gasteiger partial charge < -0.3 is 13.4 Å². The Hall–Kier alpha value is -7.25. The molecule has 0 saturated carbocycles. The van der Waals surface area contributed by atoms with E-state index in [9.17, 15) is 0 Å². The Bertz CT molecular complexity index is 3950. The summed E-state index contributed by atoms with van der Waals surface area (Å²) in [5, 5.41) is 4.03. The summed E-state index contributed by atoms with van der Waals surface area (Å²) in [6, 6.07) is 55.1. The van der Waals surface area contributed by atoms with Crippen LogP contribution in [-0.4, -0.2) is 24.5 Å². The van der Waals surface area contributed by atoms with Gasteiger partial charge in [-0.2, -0.15) is 0 Å². The van der Waals surface area contributed by atoms with Gasteiger partial charge in [0.2, 0.25) is 5.71 Å². The van der Waals surface area contributed by atoms with E-state index in [1.807, 2.05) is 72.9 Å². The van der Waals surface area contributed by atoms with Crippen molar-refractivity contribution in [3.8, 4) is 39.6 Å². The van der Waals surface area contributed by atoms with Gasteiger partial charge in [0.1, 0.15) is 11.1 Å². The molecule has 7 aromatic carbocycles. The third-order valence-electron chi connectivity index (χ3n) is 12.7. The van der Waals surface area contributed by atoms with Crippen LogP contribution in [0.3, 0.4) is 0 Å². The zero-order chi connectivity index (χ0) is 49.3. The van der Waals surface area contributed by atoms with Gasteiger partial charge in [-0.3, -0.25) is 15.0 Å². The molecule has 1 radical (unpaired) electrons. The molecule has 5 aromatic heterocycles. The number of aryl methyl sites for hydroxylation is 1. The minimum atomic E-state index is -2.45. The third kappa shape index (κ3) is 8.11. The smallest absolute Gasteiger partial charge is 0.216 e. The van der Waals surface area contributed by atoms with E-state index in [0.717, 1.165) is 61.1 Å². The molecular formula is C61H51IrN5O2-2. The van der Waals surface area contributed by atoms with Gasteiger partial charge in [-0.05, 0) is 81.9 Å². The topological polar surface area (TPSA) is 82.8 Å². The summed E-state index contributed by atoms with van der Waals surface area (Å²) in [4.78, 5) is 19.2. The molecule has 12 aromatic rings. The maximum atomic E-state index is 8.60. The average Bonchev–Trinajstić information content (AvgIpc) is 4.06. The number of fused-ring (bicyclic) bond motifs is 9. The zero-order valence-electron chi connectivity index (χ0n) is 42.5. The fraction of sp³-hybridized carbons (Fsp3) is 0.180. The summed E-state index contributed by atoms with van der Waals surface area (Å²) in [7, 11) is 0. The van der Waals surface area contributed by atoms with E-state index >= 15 is 0 Å². The number of rotatable bonds is 6. The third-order valence-corrected chi connectivity index (χ3v) is 12.7. The monoisotopic (exact) mass is 1080 g/mol. The molecule has 5 heterocycles. The van der Waals surface area contributed by atoms with Crippen LogP contribution < -0.4 is 0 Å². The largest absolute Gasteiger partial charge is 0.486 e. The molecule has 0 aliphatic rings. The average molecular weight is 1080 g/mol. The minimum absolute atomic E-state index is 0. The molecule has 0 atom stereocenters. The van der Waals surface area contributed by atoms with Crippen molar-refractivity contribution in [1.29, 1.82) is 0 Å². The van der Waals surface area contributed by atoms with Crippen molar-refractivity contribution in [3.63, 3.8) is 0 Å². The standard InChI is InChI=1S/C47H36N3O2.C14H15N2.Ir/c1-26(2)35-23-31(29-13-7-6-8-14-29)24-36(27(3)4)43(35)50-44-32-16-10-9-15-30(32)20-22-38(44)48-46(50)34-21-19-28(5)41-37-25-40-42(49-47(37)52-45(34)41)33-17-11-12-18-39(33)51-40;1-14(2,3)12-9-10-15-13(16-12)11-7-5-4-6-8-11;/h6-20,22-27H,1-5H3;4-7,9-10H,1-3H3;/q2*-1;/i5D3;;.